The molecule has 2 atom stereocenters. The summed E-state index contributed by atoms with van der Waals surface area (Å²) in [4.78, 5) is 2.84. The van der Waals surface area contributed by atoms with E-state index in [1.165, 1.54) is 58.2 Å². The van der Waals surface area contributed by atoms with Gasteiger partial charge in [-0.1, -0.05) is 19.3 Å². The average molecular weight is 267 g/mol. The lowest BCUT2D eigenvalue weighted by molar-refractivity contribution is 0.142. The van der Waals surface area contributed by atoms with Gasteiger partial charge < -0.3 is 5.32 Å². The molecule has 3 fully saturated rings. The Morgan fingerprint density at radius 1 is 0.875 bits per heavy atom. The van der Waals surface area contributed by atoms with Crippen LogP contribution < -0.4 is 5.32 Å². The fraction of sp³-hybridized carbons (Fsp3) is 1.00. The van der Waals surface area contributed by atoms with Gasteiger partial charge in [-0.05, 0) is 38.3 Å². The third-order valence-corrected chi connectivity index (χ3v) is 4.53. The predicted molar refractivity (Wildman–Crippen MR) is 72.8 cm³/mol. The summed E-state index contributed by atoms with van der Waals surface area (Å²) in [7, 11) is 0. The minimum absolute atomic E-state index is 0. The predicted octanol–water partition coefficient (Wildman–Crippen LogP) is 2.46. The first kappa shape index (κ1) is 14.6. The molecule has 3 rings (SSSR count). The van der Waals surface area contributed by atoms with Gasteiger partial charge >= 0.3 is 0 Å². The van der Waals surface area contributed by atoms with E-state index < -0.39 is 0 Å². The highest BCUT2D eigenvalue weighted by molar-refractivity contribution is 5.85. The van der Waals surface area contributed by atoms with Gasteiger partial charge in [-0.15, -0.1) is 24.8 Å². The van der Waals surface area contributed by atoms with Gasteiger partial charge in [0.25, 0.3) is 0 Å². The molecule has 0 unspecified atom stereocenters. The van der Waals surface area contributed by atoms with E-state index in [1.54, 1.807) is 0 Å². The molecule has 2 heterocycles. The summed E-state index contributed by atoms with van der Waals surface area (Å²) in [6.45, 7) is 3.94. The molecule has 4 heteroatoms. The van der Waals surface area contributed by atoms with Crippen LogP contribution in [0.2, 0.25) is 0 Å². The molecule has 0 aromatic carbocycles. The summed E-state index contributed by atoms with van der Waals surface area (Å²) in [5.41, 5.74) is 0. The Labute approximate surface area is 111 Å². The van der Waals surface area contributed by atoms with Gasteiger partial charge in [-0.2, -0.15) is 0 Å². The Bertz CT molecular complexity index is 207. The summed E-state index contributed by atoms with van der Waals surface area (Å²) in [5, 5.41) is 3.55. The average Bonchev–Trinajstić information content (AvgIpc) is 2.79. The third-order valence-electron chi connectivity index (χ3n) is 4.53. The van der Waals surface area contributed by atoms with E-state index >= 15 is 0 Å². The van der Waals surface area contributed by atoms with Crippen LogP contribution in [-0.2, 0) is 0 Å². The zero-order valence-corrected chi connectivity index (χ0v) is 11.5. The first-order valence-corrected chi connectivity index (χ1v) is 6.41. The number of nitrogens with zero attached hydrogens (tertiary/aromatic N) is 1. The van der Waals surface area contributed by atoms with E-state index in [2.05, 4.69) is 10.2 Å². The molecule has 3 aliphatic rings. The highest BCUT2D eigenvalue weighted by Crippen LogP contribution is 2.33. The maximum atomic E-state index is 3.55. The monoisotopic (exact) mass is 266 g/mol. The van der Waals surface area contributed by atoms with Crippen molar-refractivity contribution < 1.29 is 0 Å². The molecule has 1 aliphatic carbocycles. The fourth-order valence-corrected chi connectivity index (χ4v) is 3.75. The van der Waals surface area contributed by atoms with Crippen molar-refractivity contribution in [2.24, 2.45) is 5.92 Å². The van der Waals surface area contributed by atoms with Crippen LogP contribution in [0.1, 0.15) is 38.5 Å². The van der Waals surface area contributed by atoms with Crippen molar-refractivity contribution in [2.45, 2.75) is 50.6 Å². The van der Waals surface area contributed by atoms with E-state index in [0.717, 1.165) is 18.0 Å². The Hall–Kier alpha value is 0.500. The number of nitrogens with one attached hydrogen (secondary N) is 1. The molecule has 1 N–H and O–H groups in total. The normalized spacial score (nSPS) is 35.2. The van der Waals surface area contributed by atoms with E-state index in [9.17, 15) is 0 Å². The lowest BCUT2D eigenvalue weighted by atomic mass is 9.93. The van der Waals surface area contributed by atoms with Crippen molar-refractivity contribution in [3.8, 4) is 0 Å². The van der Waals surface area contributed by atoms with Gasteiger partial charge in [0, 0.05) is 18.6 Å². The van der Waals surface area contributed by atoms with Crippen LogP contribution in [0.15, 0.2) is 0 Å². The molecule has 0 radical (unpaired) electrons. The maximum Gasteiger partial charge on any atom is 0.0264 e. The van der Waals surface area contributed by atoms with Crippen molar-refractivity contribution in [3.63, 3.8) is 0 Å². The van der Waals surface area contributed by atoms with Crippen LogP contribution in [0.5, 0.6) is 0 Å². The molecular weight excluding hydrogens is 243 g/mol. The van der Waals surface area contributed by atoms with E-state index in [0.29, 0.717) is 0 Å². The van der Waals surface area contributed by atoms with Crippen LogP contribution in [-0.4, -0.2) is 36.6 Å². The number of fused-ring (bicyclic) bond motifs is 1. The molecule has 0 spiro atoms. The van der Waals surface area contributed by atoms with Gasteiger partial charge in [-0.25, -0.2) is 0 Å². The molecule has 0 amide bonds. The molecule has 16 heavy (non-hydrogen) atoms. The van der Waals surface area contributed by atoms with Gasteiger partial charge in [-0.3, -0.25) is 4.90 Å². The highest BCUT2D eigenvalue weighted by Gasteiger charge is 2.40. The Morgan fingerprint density at radius 3 is 2.38 bits per heavy atom. The lowest BCUT2D eigenvalue weighted by Gasteiger charge is -2.35. The van der Waals surface area contributed by atoms with Gasteiger partial charge in [0.05, 0.1) is 0 Å². The molecule has 0 aromatic heterocycles. The van der Waals surface area contributed by atoms with Crippen molar-refractivity contribution in [1.82, 2.24) is 10.2 Å². The van der Waals surface area contributed by atoms with E-state index in [1.807, 2.05) is 0 Å². The van der Waals surface area contributed by atoms with Crippen molar-refractivity contribution >= 4 is 24.8 Å². The summed E-state index contributed by atoms with van der Waals surface area (Å²) in [6.07, 6.45) is 8.84. The minimum atomic E-state index is 0. The third kappa shape index (κ3) is 2.66. The Morgan fingerprint density at radius 2 is 1.62 bits per heavy atom. The van der Waals surface area contributed by atoms with Crippen molar-refractivity contribution in [2.75, 3.05) is 19.6 Å². The molecule has 1 saturated carbocycles. The summed E-state index contributed by atoms with van der Waals surface area (Å²) in [5.74, 6) is 0.983. The number of likely N-dealkylation sites (tertiary alicyclic amines) is 1. The molecule has 96 valence electrons. The Kier molecular flexibility index (Phi) is 5.86. The standard InChI is InChI=1S/C12H22N2.2ClH/c1-2-4-11(5-3-1)14-7-6-10-8-13-9-12(10)14;;/h10-13H,1-9H2;2*1H/t10-,12+;;/m0../s1. The number of halogens is 2. The molecule has 0 bridgehead atoms. The zero-order chi connectivity index (χ0) is 9.38. The molecule has 0 aromatic rings. The molecular formula is C12H24Cl2N2. The van der Waals surface area contributed by atoms with Crippen LogP contribution in [0, 0.1) is 5.92 Å². The molecule has 2 saturated heterocycles. The maximum absolute atomic E-state index is 3.55. The van der Waals surface area contributed by atoms with Crippen LogP contribution in [0.25, 0.3) is 0 Å². The Balaban J connectivity index is 0.000000640. The van der Waals surface area contributed by atoms with Crippen LogP contribution in [0.3, 0.4) is 0 Å². The van der Waals surface area contributed by atoms with E-state index in [4.69, 9.17) is 0 Å². The van der Waals surface area contributed by atoms with Crippen LogP contribution >= 0.6 is 24.8 Å². The number of hydrogen-bond acceptors (Lipinski definition) is 2. The smallest absolute Gasteiger partial charge is 0.0264 e. The summed E-state index contributed by atoms with van der Waals surface area (Å²) >= 11 is 0. The number of rotatable bonds is 1. The second-order valence-corrected chi connectivity index (χ2v) is 5.30. The quantitative estimate of drug-likeness (QED) is 0.785. The summed E-state index contributed by atoms with van der Waals surface area (Å²) in [6, 6.07) is 1.84. The fourth-order valence-electron chi connectivity index (χ4n) is 3.75. The zero-order valence-electron chi connectivity index (χ0n) is 9.86. The van der Waals surface area contributed by atoms with Gasteiger partial charge in [0.1, 0.15) is 0 Å². The molecule has 2 aliphatic heterocycles. The first-order valence-electron chi connectivity index (χ1n) is 6.41. The second kappa shape index (κ2) is 6.44. The summed E-state index contributed by atoms with van der Waals surface area (Å²) < 4.78 is 0. The lowest BCUT2D eigenvalue weighted by Crippen LogP contribution is -2.42. The van der Waals surface area contributed by atoms with Gasteiger partial charge in [0.15, 0.2) is 0 Å². The minimum Gasteiger partial charge on any atom is -0.315 e. The SMILES string of the molecule is C1CCC(N2CC[C@H]3CNC[C@H]32)CC1.Cl.Cl. The first-order chi connectivity index (χ1) is 6.95. The van der Waals surface area contributed by atoms with Gasteiger partial charge in [0.2, 0.25) is 0 Å². The number of hydrogen-bond donors (Lipinski definition) is 1. The molecule has 2 nitrogen and oxygen atoms in total. The highest BCUT2D eigenvalue weighted by atomic mass is 35.5. The van der Waals surface area contributed by atoms with E-state index in [-0.39, 0.29) is 24.8 Å². The largest absolute Gasteiger partial charge is 0.315 e. The second-order valence-electron chi connectivity index (χ2n) is 5.30. The van der Waals surface area contributed by atoms with Crippen molar-refractivity contribution in [1.29, 1.82) is 0 Å². The van der Waals surface area contributed by atoms with Crippen LogP contribution in [0.4, 0.5) is 0 Å². The topological polar surface area (TPSA) is 15.3 Å². The van der Waals surface area contributed by atoms with Crippen molar-refractivity contribution in [3.05, 3.63) is 0 Å².